The minimum absolute atomic E-state index is 0.00532. The van der Waals surface area contributed by atoms with E-state index < -0.39 is 12.0 Å². The number of allylic oxidation sites excluding steroid dienone is 1. The summed E-state index contributed by atoms with van der Waals surface area (Å²) < 4.78 is 0. The molecule has 1 atom stereocenters. The van der Waals surface area contributed by atoms with Crippen LogP contribution in [0, 0.1) is 10.8 Å². The highest BCUT2D eigenvalue weighted by molar-refractivity contribution is 6.08. The monoisotopic (exact) mass is 197 g/mol. The van der Waals surface area contributed by atoms with Crippen LogP contribution in [0.5, 0.6) is 0 Å². The van der Waals surface area contributed by atoms with Crippen LogP contribution >= 0.6 is 0 Å². The molecule has 1 aliphatic heterocycles. The molecule has 0 spiro atoms. The maximum absolute atomic E-state index is 10.8. The summed E-state index contributed by atoms with van der Waals surface area (Å²) in [5, 5.41) is 23.1. The quantitative estimate of drug-likeness (QED) is 0.486. The number of hydrogen-bond acceptors (Lipinski definition) is 5. The van der Waals surface area contributed by atoms with Gasteiger partial charge in [0.2, 0.25) is 0 Å². The predicted octanol–water partition coefficient (Wildman–Crippen LogP) is 0.308. The third-order valence-corrected chi connectivity index (χ3v) is 1.83. The SMILES string of the molecule is CC1NOC(C(=N)CC=N)=C1C(=O)O. The molecule has 0 aromatic carbocycles. The summed E-state index contributed by atoms with van der Waals surface area (Å²) in [5.74, 6) is -1.08. The molecule has 1 heterocycles. The second-order valence-electron chi connectivity index (χ2n) is 2.88. The van der Waals surface area contributed by atoms with Crippen molar-refractivity contribution >= 4 is 17.9 Å². The van der Waals surface area contributed by atoms with Crippen molar-refractivity contribution in [1.82, 2.24) is 5.48 Å². The van der Waals surface area contributed by atoms with Gasteiger partial charge < -0.3 is 20.8 Å². The van der Waals surface area contributed by atoms with Gasteiger partial charge in [-0.3, -0.25) is 0 Å². The maximum atomic E-state index is 10.8. The molecule has 0 aromatic rings. The van der Waals surface area contributed by atoms with Crippen molar-refractivity contribution in [3.8, 4) is 0 Å². The standard InChI is InChI=1S/C8H11N3O3/c1-4-6(8(12)13)7(14-11-4)5(10)2-3-9/h3-4,9-11H,2H2,1H3,(H,12,13). The number of aliphatic carboxylic acids is 1. The van der Waals surface area contributed by atoms with Gasteiger partial charge in [-0.1, -0.05) is 0 Å². The average Bonchev–Trinajstić information content (AvgIpc) is 2.47. The molecule has 4 N–H and O–H groups in total. The summed E-state index contributed by atoms with van der Waals surface area (Å²) in [5.41, 5.74) is 2.50. The zero-order valence-electron chi connectivity index (χ0n) is 7.63. The smallest absolute Gasteiger partial charge is 0.337 e. The Morgan fingerprint density at radius 2 is 2.43 bits per heavy atom. The number of hydroxylamine groups is 1. The predicted molar refractivity (Wildman–Crippen MR) is 49.5 cm³/mol. The van der Waals surface area contributed by atoms with Crippen molar-refractivity contribution in [1.29, 1.82) is 10.8 Å². The number of rotatable bonds is 4. The molecule has 6 nitrogen and oxygen atoms in total. The Balaban J connectivity index is 2.98. The molecule has 0 bridgehead atoms. The summed E-state index contributed by atoms with van der Waals surface area (Å²) in [4.78, 5) is 15.7. The molecule has 1 aliphatic rings. The Bertz CT molecular complexity index is 322. The lowest BCUT2D eigenvalue weighted by atomic mass is 10.1. The Morgan fingerprint density at radius 3 is 2.93 bits per heavy atom. The lowest BCUT2D eigenvalue weighted by Crippen LogP contribution is -2.23. The molecule has 0 fully saturated rings. The van der Waals surface area contributed by atoms with Crippen molar-refractivity contribution in [2.75, 3.05) is 0 Å². The van der Waals surface area contributed by atoms with Crippen LogP contribution in [0.1, 0.15) is 13.3 Å². The molecule has 0 saturated heterocycles. The zero-order valence-corrected chi connectivity index (χ0v) is 7.63. The van der Waals surface area contributed by atoms with Gasteiger partial charge in [0.15, 0.2) is 5.76 Å². The minimum Gasteiger partial charge on any atom is -0.478 e. The molecule has 0 radical (unpaired) electrons. The average molecular weight is 197 g/mol. The van der Waals surface area contributed by atoms with E-state index in [9.17, 15) is 4.79 Å². The first-order valence-corrected chi connectivity index (χ1v) is 4.04. The van der Waals surface area contributed by atoms with Gasteiger partial charge in [-0.2, -0.15) is 0 Å². The van der Waals surface area contributed by atoms with Crippen molar-refractivity contribution in [2.24, 2.45) is 0 Å². The maximum Gasteiger partial charge on any atom is 0.337 e. The molecule has 0 amide bonds. The summed E-state index contributed by atoms with van der Waals surface area (Å²) >= 11 is 0. The molecule has 0 aliphatic carbocycles. The van der Waals surface area contributed by atoms with Crippen molar-refractivity contribution in [2.45, 2.75) is 19.4 Å². The molecular formula is C8H11N3O3. The van der Waals surface area contributed by atoms with Gasteiger partial charge in [-0.15, -0.1) is 5.48 Å². The van der Waals surface area contributed by atoms with Crippen molar-refractivity contribution < 1.29 is 14.7 Å². The summed E-state index contributed by atoms with van der Waals surface area (Å²) in [6.07, 6.45) is 1.10. The number of carboxylic acids is 1. The van der Waals surface area contributed by atoms with Crippen LogP contribution < -0.4 is 5.48 Å². The molecule has 76 valence electrons. The number of hydrogen-bond donors (Lipinski definition) is 4. The number of carboxylic acid groups (broad SMARTS) is 1. The number of nitrogens with one attached hydrogen (secondary N) is 3. The van der Waals surface area contributed by atoms with E-state index in [0.717, 1.165) is 6.21 Å². The minimum atomic E-state index is -1.10. The van der Waals surface area contributed by atoms with Gasteiger partial charge in [0, 0.05) is 12.6 Å². The van der Waals surface area contributed by atoms with Gasteiger partial charge in [-0.25, -0.2) is 4.79 Å². The van der Waals surface area contributed by atoms with Crippen LogP contribution in [-0.2, 0) is 9.63 Å². The normalized spacial score (nSPS) is 20.5. The summed E-state index contributed by atoms with van der Waals surface area (Å²) in [6, 6.07) is -0.436. The van der Waals surface area contributed by atoms with Crippen LogP contribution in [0.25, 0.3) is 0 Å². The highest BCUT2D eigenvalue weighted by Crippen LogP contribution is 2.19. The topological polar surface area (TPSA) is 106 Å². The third-order valence-electron chi connectivity index (χ3n) is 1.83. The van der Waals surface area contributed by atoms with E-state index in [1.54, 1.807) is 6.92 Å². The Hall–Kier alpha value is -1.69. The summed E-state index contributed by atoms with van der Waals surface area (Å²) in [7, 11) is 0. The van der Waals surface area contributed by atoms with Gasteiger partial charge in [0.05, 0.1) is 11.8 Å². The molecule has 1 rings (SSSR count). The van der Waals surface area contributed by atoms with Crippen LogP contribution in [0.3, 0.4) is 0 Å². The lowest BCUT2D eigenvalue weighted by Gasteiger charge is -2.01. The van der Waals surface area contributed by atoms with Gasteiger partial charge in [-0.05, 0) is 6.92 Å². The van der Waals surface area contributed by atoms with E-state index in [1.807, 2.05) is 0 Å². The van der Waals surface area contributed by atoms with E-state index >= 15 is 0 Å². The molecular weight excluding hydrogens is 186 g/mol. The Morgan fingerprint density at radius 1 is 1.79 bits per heavy atom. The molecule has 0 aromatic heterocycles. The molecule has 6 heteroatoms. The van der Waals surface area contributed by atoms with E-state index in [2.05, 4.69) is 5.48 Å². The fourth-order valence-electron chi connectivity index (χ4n) is 1.16. The molecule has 0 saturated carbocycles. The first kappa shape index (κ1) is 10.4. The molecule has 14 heavy (non-hydrogen) atoms. The van der Waals surface area contributed by atoms with Crippen molar-refractivity contribution in [3.05, 3.63) is 11.3 Å². The zero-order chi connectivity index (χ0) is 10.7. The highest BCUT2D eigenvalue weighted by Gasteiger charge is 2.31. The number of carbonyl (C=O) groups is 1. The van der Waals surface area contributed by atoms with Crippen LogP contribution in [0.4, 0.5) is 0 Å². The second-order valence-corrected chi connectivity index (χ2v) is 2.88. The fourth-order valence-corrected chi connectivity index (χ4v) is 1.16. The van der Waals surface area contributed by atoms with Crippen LogP contribution in [0.15, 0.2) is 11.3 Å². The van der Waals surface area contributed by atoms with Crippen LogP contribution in [0.2, 0.25) is 0 Å². The van der Waals surface area contributed by atoms with E-state index in [0.29, 0.717) is 0 Å². The van der Waals surface area contributed by atoms with Gasteiger partial charge >= 0.3 is 5.97 Å². The van der Waals surface area contributed by atoms with E-state index in [4.69, 9.17) is 20.8 Å². The first-order chi connectivity index (χ1) is 6.57. The largest absolute Gasteiger partial charge is 0.478 e. The van der Waals surface area contributed by atoms with Crippen molar-refractivity contribution in [3.63, 3.8) is 0 Å². The van der Waals surface area contributed by atoms with Crippen LogP contribution in [-0.4, -0.2) is 29.0 Å². The van der Waals surface area contributed by atoms with Gasteiger partial charge in [0.1, 0.15) is 5.57 Å². The Kier molecular flexibility index (Phi) is 2.98. The fraction of sp³-hybridized carbons (Fsp3) is 0.375. The molecule has 1 unspecified atom stereocenters. The Labute approximate surface area is 80.5 Å². The van der Waals surface area contributed by atoms with E-state index in [-0.39, 0.29) is 23.5 Å². The second kappa shape index (κ2) is 4.01. The van der Waals surface area contributed by atoms with Gasteiger partial charge in [0.25, 0.3) is 0 Å². The highest BCUT2D eigenvalue weighted by atomic mass is 16.7. The lowest BCUT2D eigenvalue weighted by molar-refractivity contribution is -0.132. The first-order valence-electron chi connectivity index (χ1n) is 4.04. The van der Waals surface area contributed by atoms with E-state index in [1.165, 1.54) is 0 Å². The summed E-state index contributed by atoms with van der Waals surface area (Å²) in [6.45, 7) is 1.63. The third kappa shape index (κ3) is 1.80.